The van der Waals surface area contributed by atoms with Crippen LogP contribution in [0.2, 0.25) is 0 Å². The lowest BCUT2D eigenvalue weighted by Crippen LogP contribution is -2.40. The fourth-order valence-electron chi connectivity index (χ4n) is 1.42. The van der Waals surface area contributed by atoms with Crippen LogP contribution in [0.15, 0.2) is 0 Å². The Bertz CT molecular complexity index is 175. The van der Waals surface area contributed by atoms with E-state index in [9.17, 15) is 0 Å². The van der Waals surface area contributed by atoms with Gasteiger partial charge in [0.25, 0.3) is 0 Å². The normalized spacial score (nSPS) is 17.7. The van der Waals surface area contributed by atoms with Gasteiger partial charge in [0.2, 0.25) is 0 Å². The van der Waals surface area contributed by atoms with Gasteiger partial charge in [-0.3, -0.25) is 5.41 Å². The van der Waals surface area contributed by atoms with Crippen LogP contribution in [-0.4, -0.2) is 23.3 Å². The number of nitrogens with zero attached hydrogens (tertiary/aromatic N) is 1. The van der Waals surface area contributed by atoms with Gasteiger partial charge in [-0.05, 0) is 19.8 Å². The summed E-state index contributed by atoms with van der Waals surface area (Å²) < 4.78 is 0. The molecule has 1 fully saturated rings. The second kappa shape index (κ2) is 3.08. The van der Waals surface area contributed by atoms with Crippen LogP contribution in [0, 0.1) is 10.8 Å². The molecule has 0 heterocycles. The third-order valence-electron chi connectivity index (χ3n) is 2.33. The summed E-state index contributed by atoms with van der Waals surface area (Å²) in [6.45, 7) is 9.46. The molecule has 0 aliphatic heterocycles. The lowest BCUT2D eigenvalue weighted by atomic mass is 9.94. The molecule has 2 nitrogen and oxygen atoms in total. The first-order valence-electron chi connectivity index (χ1n) is 4.82. The second-order valence-electron chi connectivity index (χ2n) is 4.62. The largest absolute Gasteiger partial charge is 0.357 e. The molecule has 1 aliphatic rings. The summed E-state index contributed by atoms with van der Waals surface area (Å²) in [7, 11) is 0. The Morgan fingerprint density at radius 3 is 2.17 bits per heavy atom. The molecule has 0 radical (unpaired) electrons. The summed E-state index contributed by atoms with van der Waals surface area (Å²) in [6.07, 6.45) is 2.57. The standard InChI is InChI=1S/C10H20N2/c1-5-12(8-6-7-8)9(11)10(2,3)4/h8,11H,5-7H2,1-4H3. The Kier molecular flexibility index (Phi) is 2.45. The second-order valence-corrected chi connectivity index (χ2v) is 4.62. The smallest absolute Gasteiger partial charge is 0.101 e. The summed E-state index contributed by atoms with van der Waals surface area (Å²) in [5.74, 6) is 0.799. The van der Waals surface area contributed by atoms with Crippen LogP contribution < -0.4 is 0 Å². The maximum Gasteiger partial charge on any atom is 0.101 e. The van der Waals surface area contributed by atoms with Crippen molar-refractivity contribution in [3.05, 3.63) is 0 Å². The van der Waals surface area contributed by atoms with Crippen LogP contribution in [0.4, 0.5) is 0 Å². The molecule has 0 atom stereocenters. The maximum atomic E-state index is 7.99. The fraction of sp³-hybridized carbons (Fsp3) is 0.900. The molecule has 1 aliphatic carbocycles. The van der Waals surface area contributed by atoms with E-state index in [1.54, 1.807) is 0 Å². The average Bonchev–Trinajstić information content (AvgIpc) is 2.70. The number of hydrogen-bond donors (Lipinski definition) is 1. The summed E-state index contributed by atoms with van der Waals surface area (Å²) in [4.78, 5) is 2.24. The van der Waals surface area contributed by atoms with Crippen LogP contribution in [0.5, 0.6) is 0 Å². The number of rotatable bonds is 2. The number of hydrogen-bond acceptors (Lipinski definition) is 1. The zero-order chi connectivity index (χ0) is 9.35. The molecule has 70 valence electrons. The lowest BCUT2D eigenvalue weighted by molar-refractivity contribution is 0.372. The fourth-order valence-corrected chi connectivity index (χ4v) is 1.42. The highest BCUT2D eigenvalue weighted by atomic mass is 15.2. The Hall–Kier alpha value is -0.530. The van der Waals surface area contributed by atoms with E-state index in [0.29, 0.717) is 6.04 Å². The minimum atomic E-state index is 0.0125. The van der Waals surface area contributed by atoms with Crippen molar-refractivity contribution in [2.24, 2.45) is 5.41 Å². The van der Waals surface area contributed by atoms with Crippen molar-refractivity contribution in [2.75, 3.05) is 6.54 Å². The van der Waals surface area contributed by atoms with Gasteiger partial charge in [-0.2, -0.15) is 0 Å². The van der Waals surface area contributed by atoms with Crippen molar-refractivity contribution >= 4 is 5.84 Å². The van der Waals surface area contributed by atoms with Crippen molar-refractivity contribution in [1.82, 2.24) is 4.90 Å². The Morgan fingerprint density at radius 1 is 1.42 bits per heavy atom. The zero-order valence-corrected chi connectivity index (χ0v) is 8.65. The molecule has 0 spiro atoms. The molecule has 0 saturated heterocycles. The predicted molar refractivity (Wildman–Crippen MR) is 52.6 cm³/mol. The van der Waals surface area contributed by atoms with Gasteiger partial charge in [0.1, 0.15) is 5.84 Å². The molecule has 1 saturated carbocycles. The predicted octanol–water partition coefficient (Wildman–Crippen LogP) is 2.49. The first kappa shape index (κ1) is 9.56. The molecule has 1 N–H and O–H groups in total. The monoisotopic (exact) mass is 168 g/mol. The van der Waals surface area contributed by atoms with Crippen LogP contribution in [0.25, 0.3) is 0 Å². The van der Waals surface area contributed by atoms with E-state index in [0.717, 1.165) is 12.4 Å². The van der Waals surface area contributed by atoms with Crippen LogP contribution in [0.1, 0.15) is 40.5 Å². The molecule has 0 aromatic carbocycles. The van der Waals surface area contributed by atoms with Crippen LogP contribution in [0.3, 0.4) is 0 Å². The zero-order valence-electron chi connectivity index (χ0n) is 8.65. The van der Waals surface area contributed by atoms with E-state index in [4.69, 9.17) is 5.41 Å². The van der Waals surface area contributed by atoms with Crippen molar-refractivity contribution in [2.45, 2.75) is 46.6 Å². The van der Waals surface area contributed by atoms with E-state index in [2.05, 4.69) is 32.6 Å². The van der Waals surface area contributed by atoms with Gasteiger partial charge in [-0.1, -0.05) is 20.8 Å². The molecular weight excluding hydrogens is 148 g/mol. The first-order chi connectivity index (χ1) is 5.46. The van der Waals surface area contributed by atoms with Crippen molar-refractivity contribution in [3.63, 3.8) is 0 Å². The van der Waals surface area contributed by atoms with Crippen molar-refractivity contribution < 1.29 is 0 Å². The summed E-state index contributed by atoms with van der Waals surface area (Å²) in [5, 5.41) is 7.99. The molecule has 12 heavy (non-hydrogen) atoms. The molecule has 0 amide bonds. The van der Waals surface area contributed by atoms with Gasteiger partial charge in [-0.15, -0.1) is 0 Å². The highest BCUT2D eigenvalue weighted by molar-refractivity contribution is 5.84. The Morgan fingerprint density at radius 2 is 1.92 bits per heavy atom. The van der Waals surface area contributed by atoms with E-state index >= 15 is 0 Å². The van der Waals surface area contributed by atoms with Crippen molar-refractivity contribution in [1.29, 1.82) is 5.41 Å². The molecule has 0 aromatic heterocycles. The van der Waals surface area contributed by atoms with Crippen molar-refractivity contribution in [3.8, 4) is 0 Å². The average molecular weight is 168 g/mol. The van der Waals surface area contributed by atoms with Gasteiger partial charge < -0.3 is 4.90 Å². The van der Waals surface area contributed by atoms with Gasteiger partial charge in [-0.25, -0.2) is 0 Å². The third-order valence-corrected chi connectivity index (χ3v) is 2.33. The topological polar surface area (TPSA) is 27.1 Å². The molecule has 0 bridgehead atoms. The third kappa shape index (κ3) is 1.99. The summed E-state index contributed by atoms with van der Waals surface area (Å²) >= 11 is 0. The molecular formula is C10H20N2. The SMILES string of the molecule is CCN(C(=N)C(C)(C)C)C1CC1. The summed E-state index contributed by atoms with van der Waals surface area (Å²) in [6, 6.07) is 0.682. The van der Waals surface area contributed by atoms with E-state index in [-0.39, 0.29) is 5.41 Å². The molecule has 0 unspecified atom stereocenters. The number of nitrogens with one attached hydrogen (secondary N) is 1. The Balaban J connectivity index is 2.59. The lowest BCUT2D eigenvalue weighted by Gasteiger charge is -2.31. The van der Waals surface area contributed by atoms with E-state index in [1.807, 2.05) is 0 Å². The highest BCUT2D eigenvalue weighted by Crippen LogP contribution is 2.30. The van der Waals surface area contributed by atoms with E-state index in [1.165, 1.54) is 12.8 Å². The molecule has 1 rings (SSSR count). The maximum absolute atomic E-state index is 7.99. The molecule has 2 heteroatoms. The highest BCUT2D eigenvalue weighted by Gasteiger charge is 2.33. The van der Waals surface area contributed by atoms with Gasteiger partial charge in [0.05, 0.1) is 0 Å². The Labute approximate surface area is 75.5 Å². The van der Waals surface area contributed by atoms with Crippen LogP contribution >= 0.6 is 0 Å². The number of amidine groups is 1. The quantitative estimate of drug-likeness (QED) is 0.498. The molecule has 0 aromatic rings. The van der Waals surface area contributed by atoms with E-state index < -0.39 is 0 Å². The van der Waals surface area contributed by atoms with Gasteiger partial charge >= 0.3 is 0 Å². The first-order valence-corrected chi connectivity index (χ1v) is 4.82. The van der Waals surface area contributed by atoms with Gasteiger partial charge in [0.15, 0.2) is 0 Å². The minimum Gasteiger partial charge on any atom is -0.357 e. The minimum absolute atomic E-state index is 0.0125. The summed E-state index contributed by atoms with van der Waals surface area (Å²) in [5.41, 5.74) is 0.0125. The van der Waals surface area contributed by atoms with Gasteiger partial charge in [0, 0.05) is 18.0 Å². The van der Waals surface area contributed by atoms with Crippen LogP contribution in [-0.2, 0) is 0 Å².